The zero-order valence-corrected chi connectivity index (χ0v) is 20.6. The highest BCUT2D eigenvalue weighted by Gasteiger charge is 2.21. The predicted molar refractivity (Wildman–Crippen MR) is 134 cm³/mol. The normalized spacial score (nSPS) is 10.9. The average Bonchev–Trinajstić information content (AvgIpc) is 2.81. The summed E-state index contributed by atoms with van der Waals surface area (Å²) in [6, 6.07) is 11.4. The van der Waals surface area contributed by atoms with Gasteiger partial charge in [0.25, 0.3) is 0 Å². The number of aryl methyl sites for hydroxylation is 2. The Morgan fingerprint density at radius 1 is 0.618 bits per heavy atom. The molecular formula is C28H34O6. The van der Waals surface area contributed by atoms with Crippen LogP contribution >= 0.6 is 0 Å². The van der Waals surface area contributed by atoms with Crippen LogP contribution < -0.4 is 9.47 Å². The maximum atomic E-state index is 12.5. The summed E-state index contributed by atoms with van der Waals surface area (Å²) in [5.41, 5.74) is 1.96. The zero-order valence-electron chi connectivity index (χ0n) is 20.6. The largest absolute Gasteiger partial charge is 0.513 e. The predicted octanol–water partition coefficient (Wildman–Crippen LogP) is 8.02. The van der Waals surface area contributed by atoms with Crippen molar-refractivity contribution in [2.45, 2.75) is 66.2 Å². The van der Waals surface area contributed by atoms with E-state index in [2.05, 4.69) is 13.8 Å². The molecule has 0 aliphatic carbocycles. The summed E-state index contributed by atoms with van der Waals surface area (Å²) in [6.45, 7) is 8.71. The number of carbonyl (C=O) groups excluding carboxylic acids is 2. The Labute approximate surface area is 201 Å². The Morgan fingerprint density at radius 3 is 1.41 bits per heavy atom. The molecule has 0 heterocycles. The van der Waals surface area contributed by atoms with Crippen LogP contribution in [0.15, 0.2) is 36.4 Å². The van der Waals surface area contributed by atoms with Crippen LogP contribution in [0.4, 0.5) is 9.59 Å². The van der Waals surface area contributed by atoms with E-state index >= 15 is 0 Å². The third-order valence-corrected chi connectivity index (χ3v) is 5.64. The van der Waals surface area contributed by atoms with E-state index in [-0.39, 0.29) is 0 Å². The molecule has 0 saturated carbocycles. The molecule has 0 atom stereocenters. The molecule has 34 heavy (non-hydrogen) atoms. The third-order valence-electron chi connectivity index (χ3n) is 5.64. The minimum atomic E-state index is -0.746. The monoisotopic (exact) mass is 466 g/mol. The highest BCUT2D eigenvalue weighted by atomic mass is 16.7. The van der Waals surface area contributed by atoms with Crippen molar-refractivity contribution >= 4 is 33.9 Å². The summed E-state index contributed by atoms with van der Waals surface area (Å²) in [5, 5.41) is 2.64. The molecule has 6 nitrogen and oxygen atoms in total. The highest BCUT2D eigenvalue weighted by Crippen LogP contribution is 2.43. The van der Waals surface area contributed by atoms with Gasteiger partial charge in [0.15, 0.2) is 0 Å². The summed E-state index contributed by atoms with van der Waals surface area (Å²) in [5.74, 6) is 0.774. The fourth-order valence-electron chi connectivity index (χ4n) is 3.84. The van der Waals surface area contributed by atoms with Crippen molar-refractivity contribution < 1.29 is 28.5 Å². The Hall–Kier alpha value is -3.28. The average molecular weight is 467 g/mol. The number of unbranched alkanes of at least 4 members (excludes halogenated alkanes) is 4. The lowest BCUT2D eigenvalue weighted by atomic mass is 9.98. The van der Waals surface area contributed by atoms with Crippen LogP contribution in [0.25, 0.3) is 21.5 Å². The maximum absolute atomic E-state index is 12.5. The van der Waals surface area contributed by atoms with E-state index in [1.54, 1.807) is 0 Å². The number of benzene rings is 3. The van der Waals surface area contributed by atoms with Crippen molar-refractivity contribution in [3.63, 3.8) is 0 Å². The molecule has 0 unspecified atom stereocenters. The van der Waals surface area contributed by atoms with E-state index in [1.807, 2.05) is 50.2 Å². The van der Waals surface area contributed by atoms with Gasteiger partial charge in [-0.2, -0.15) is 0 Å². The second-order valence-corrected chi connectivity index (χ2v) is 8.57. The maximum Gasteiger partial charge on any atom is 0.513 e. The Kier molecular flexibility index (Phi) is 9.14. The van der Waals surface area contributed by atoms with Crippen LogP contribution in [0.5, 0.6) is 11.5 Å². The van der Waals surface area contributed by atoms with Gasteiger partial charge in [0.05, 0.1) is 13.2 Å². The first-order valence-corrected chi connectivity index (χ1v) is 12.1. The van der Waals surface area contributed by atoms with Crippen molar-refractivity contribution in [1.29, 1.82) is 0 Å². The van der Waals surface area contributed by atoms with Crippen LogP contribution in [0, 0.1) is 13.8 Å². The van der Waals surface area contributed by atoms with Gasteiger partial charge in [0.1, 0.15) is 11.5 Å². The first-order chi connectivity index (χ1) is 16.4. The smallest absolute Gasteiger partial charge is 0.434 e. The first kappa shape index (κ1) is 25.3. The van der Waals surface area contributed by atoms with E-state index in [4.69, 9.17) is 18.9 Å². The number of ether oxygens (including phenoxy) is 4. The van der Waals surface area contributed by atoms with Gasteiger partial charge < -0.3 is 18.9 Å². The fraction of sp³-hybridized carbons (Fsp3) is 0.429. The van der Waals surface area contributed by atoms with Crippen LogP contribution in [0.1, 0.15) is 63.5 Å². The molecular weight excluding hydrogens is 432 g/mol. The molecule has 3 aromatic carbocycles. The van der Waals surface area contributed by atoms with Gasteiger partial charge in [-0.3, -0.25) is 0 Å². The molecule has 3 aromatic rings. The lowest BCUT2D eigenvalue weighted by molar-refractivity contribution is 0.0966. The van der Waals surface area contributed by atoms with Crippen molar-refractivity contribution in [2.75, 3.05) is 13.2 Å². The van der Waals surface area contributed by atoms with Crippen molar-refractivity contribution in [1.82, 2.24) is 0 Å². The minimum Gasteiger partial charge on any atom is -0.434 e. The van der Waals surface area contributed by atoms with Crippen molar-refractivity contribution in [3.05, 3.63) is 47.5 Å². The number of hydrogen-bond donors (Lipinski definition) is 0. The van der Waals surface area contributed by atoms with Gasteiger partial charge >= 0.3 is 12.3 Å². The van der Waals surface area contributed by atoms with Crippen LogP contribution in [0.2, 0.25) is 0 Å². The zero-order chi connectivity index (χ0) is 24.5. The van der Waals surface area contributed by atoms with E-state index in [1.165, 1.54) is 0 Å². The number of carbonyl (C=O) groups is 2. The third kappa shape index (κ3) is 6.40. The lowest BCUT2D eigenvalue weighted by Crippen LogP contribution is -2.14. The SMILES string of the molecule is CCCCCOC(=O)Oc1c2ccc(C)cc2c(OC(=O)OCCCCC)c2ccc(C)cc12. The van der Waals surface area contributed by atoms with E-state index < -0.39 is 12.3 Å². The van der Waals surface area contributed by atoms with Gasteiger partial charge in [0.2, 0.25) is 0 Å². The Morgan fingerprint density at radius 2 is 1.03 bits per heavy atom. The standard InChI is InChI=1S/C28H34O6/c1-5-7-9-15-31-27(29)33-25-21-13-11-20(4)18-24(21)26(22-14-12-19(3)17-23(22)25)34-28(30)32-16-10-8-6-2/h11-14,17-18H,5-10,15-16H2,1-4H3. The molecule has 0 aliphatic heterocycles. The molecule has 3 rings (SSSR count). The van der Waals surface area contributed by atoms with E-state index in [0.717, 1.165) is 49.7 Å². The Bertz CT molecular complexity index is 1060. The van der Waals surface area contributed by atoms with Gasteiger partial charge in [-0.25, -0.2) is 9.59 Å². The van der Waals surface area contributed by atoms with Gasteiger partial charge in [0, 0.05) is 21.5 Å². The summed E-state index contributed by atoms with van der Waals surface area (Å²) in [7, 11) is 0. The molecule has 0 N–H and O–H groups in total. The fourth-order valence-corrected chi connectivity index (χ4v) is 3.84. The highest BCUT2D eigenvalue weighted by molar-refractivity contribution is 6.12. The number of fused-ring (bicyclic) bond motifs is 2. The van der Waals surface area contributed by atoms with Crippen molar-refractivity contribution in [2.24, 2.45) is 0 Å². The first-order valence-electron chi connectivity index (χ1n) is 12.1. The molecule has 0 fully saturated rings. The molecule has 0 bridgehead atoms. The molecule has 0 aromatic heterocycles. The van der Waals surface area contributed by atoms with Crippen LogP contribution in [-0.4, -0.2) is 25.5 Å². The quantitative estimate of drug-likeness (QED) is 0.130. The van der Waals surface area contributed by atoms with Gasteiger partial charge in [-0.15, -0.1) is 0 Å². The molecule has 182 valence electrons. The van der Waals surface area contributed by atoms with Gasteiger partial charge in [-0.1, -0.05) is 74.9 Å². The topological polar surface area (TPSA) is 71.1 Å². The minimum absolute atomic E-state index is 0.311. The molecule has 0 saturated heterocycles. The molecule has 0 spiro atoms. The molecule has 0 amide bonds. The second-order valence-electron chi connectivity index (χ2n) is 8.57. The summed E-state index contributed by atoms with van der Waals surface area (Å²) in [4.78, 5) is 25.0. The molecule has 0 aliphatic rings. The number of hydrogen-bond acceptors (Lipinski definition) is 6. The Balaban J connectivity index is 2.02. The molecule has 0 radical (unpaired) electrons. The summed E-state index contributed by atoms with van der Waals surface area (Å²) >= 11 is 0. The summed E-state index contributed by atoms with van der Waals surface area (Å²) in [6.07, 6.45) is 4.13. The van der Waals surface area contributed by atoms with E-state index in [9.17, 15) is 9.59 Å². The van der Waals surface area contributed by atoms with E-state index in [0.29, 0.717) is 46.3 Å². The van der Waals surface area contributed by atoms with Gasteiger partial charge in [-0.05, 0) is 38.8 Å². The lowest BCUT2D eigenvalue weighted by Gasteiger charge is -2.17. The van der Waals surface area contributed by atoms with Crippen LogP contribution in [-0.2, 0) is 9.47 Å². The second kappa shape index (κ2) is 12.3. The summed E-state index contributed by atoms with van der Waals surface area (Å²) < 4.78 is 22.1. The van der Waals surface area contributed by atoms with Crippen molar-refractivity contribution in [3.8, 4) is 11.5 Å². The number of rotatable bonds is 10. The van der Waals surface area contributed by atoms with Crippen LogP contribution in [0.3, 0.4) is 0 Å². The molecule has 6 heteroatoms.